The molecule has 1 aliphatic heterocycles. The Balaban J connectivity index is 2.12. The number of hydrogen-bond donors (Lipinski definition) is 1. The molecule has 1 unspecified atom stereocenters. The Bertz CT molecular complexity index is 636. The number of ether oxygens (including phenoxy) is 1. The van der Waals surface area contributed by atoms with Crippen molar-refractivity contribution < 1.29 is 18.7 Å². The highest BCUT2D eigenvalue weighted by atomic mass is 19.1. The van der Waals surface area contributed by atoms with E-state index in [0.717, 1.165) is 6.42 Å². The molecule has 2 amide bonds. The number of anilines is 2. The molecule has 1 aromatic rings. The van der Waals surface area contributed by atoms with Gasteiger partial charge in [0.2, 0.25) is 18.7 Å². The zero-order chi connectivity index (χ0) is 17.7. The molecular formula is C17H21FN3O3+. The second-order valence-corrected chi connectivity index (χ2v) is 5.53. The van der Waals surface area contributed by atoms with Gasteiger partial charge >= 0.3 is 6.09 Å². The van der Waals surface area contributed by atoms with Crippen molar-refractivity contribution >= 4 is 23.4 Å². The van der Waals surface area contributed by atoms with Gasteiger partial charge in [0.15, 0.2) is 0 Å². The average molecular weight is 334 g/mol. The van der Waals surface area contributed by atoms with Crippen LogP contribution in [-0.4, -0.2) is 37.7 Å². The zero-order valence-electron chi connectivity index (χ0n) is 13.8. The van der Waals surface area contributed by atoms with Crippen molar-refractivity contribution in [3.05, 3.63) is 36.8 Å². The summed E-state index contributed by atoms with van der Waals surface area (Å²) in [5.74, 6) is -0.672. The van der Waals surface area contributed by atoms with Crippen molar-refractivity contribution in [3.8, 4) is 0 Å². The van der Waals surface area contributed by atoms with E-state index in [1.807, 2.05) is 6.92 Å². The van der Waals surface area contributed by atoms with Crippen molar-refractivity contribution in [2.45, 2.75) is 26.4 Å². The van der Waals surface area contributed by atoms with Crippen molar-refractivity contribution in [2.75, 3.05) is 29.4 Å². The molecule has 0 bridgehead atoms. The van der Waals surface area contributed by atoms with Crippen molar-refractivity contribution in [1.82, 2.24) is 5.32 Å². The van der Waals surface area contributed by atoms with Gasteiger partial charge in [-0.3, -0.25) is 9.69 Å². The predicted molar refractivity (Wildman–Crippen MR) is 89.2 cm³/mol. The van der Waals surface area contributed by atoms with Crippen LogP contribution in [0.2, 0.25) is 0 Å². The fourth-order valence-electron chi connectivity index (χ4n) is 2.51. The van der Waals surface area contributed by atoms with Crippen LogP contribution in [0.5, 0.6) is 0 Å². The van der Waals surface area contributed by atoms with Gasteiger partial charge in [-0.15, -0.1) is 0 Å². The first kappa shape index (κ1) is 17.7. The number of halogens is 1. The lowest BCUT2D eigenvalue weighted by molar-refractivity contribution is -0.119. The summed E-state index contributed by atoms with van der Waals surface area (Å²) in [6, 6.07) is 4.51. The lowest BCUT2D eigenvalue weighted by Gasteiger charge is -2.19. The molecule has 0 aliphatic carbocycles. The standard InChI is InChI=1S/C17H20FN3O3/c1-4-8-20(5-2)16-7-6-13(9-15(16)18)21-11-14(24-17(21)23)10-19-12(3)22/h2,5-7,9,14H,4,8,10-11H2,1,3H3/p+1. The van der Waals surface area contributed by atoms with Crippen LogP contribution >= 0.6 is 0 Å². The fraction of sp³-hybridized carbons (Fsp3) is 0.412. The molecule has 6 nitrogen and oxygen atoms in total. The number of cyclic esters (lactones) is 1. The van der Waals surface area contributed by atoms with Gasteiger partial charge in [0, 0.05) is 13.5 Å². The van der Waals surface area contributed by atoms with Crippen LogP contribution in [0.25, 0.3) is 0 Å². The van der Waals surface area contributed by atoms with Crippen LogP contribution in [0.1, 0.15) is 20.3 Å². The van der Waals surface area contributed by atoms with Gasteiger partial charge in [0.25, 0.3) is 0 Å². The average Bonchev–Trinajstić information content (AvgIpc) is 2.92. The minimum Gasteiger partial charge on any atom is -0.442 e. The monoisotopic (exact) mass is 334 g/mol. The zero-order valence-corrected chi connectivity index (χ0v) is 13.8. The maximum atomic E-state index is 14.4. The predicted octanol–water partition coefficient (Wildman–Crippen LogP) is 2.45. The van der Waals surface area contributed by atoms with E-state index >= 15 is 0 Å². The lowest BCUT2D eigenvalue weighted by Crippen LogP contribution is -2.33. The smallest absolute Gasteiger partial charge is 0.414 e. The molecule has 128 valence electrons. The van der Waals surface area contributed by atoms with Gasteiger partial charge in [0.05, 0.1) is 24.5 Å². The summed E-state index contributed by atoms with van der Waals surface area (Å²) in [6.07, 6.45) is 1.12. The molecule has 24 heavy (non-hydrogen) atoms. The fourth-order valence-corrected chi connectivity index (χ4v) is 2.51. The van der Waals surface area contributed by atoms with E-state index in [2.05, 4.69) is 5.32 Å². The Kier molecular flexibility index (Phi) is 5.71. The van der Waals surface area contributed by atoms with E-state index in [1.54, 1.807) is 17.0 Å². The maximum absolute atomic E-state index is 14.4. The summed E-state index contributed by atoms with van der Waals surface area (Å²) in [7, 11) is 0. The van der Waals surface area contributed by atoms with E-state index in [9.17, 15) is 14.0 Å². The lowest BCUT2D eigenvalue weighted by atomic mass is 10.2. The number of amides is 2. The molecule has 1 aromatic carbocycles. The van der Waals surface area contributed by atoms with E-state index in [0.29, 0.717) is 17.9 Å². The largest absolute Gasteiger partial charge is 0.442 e. The SMILES string of the molecule is [CH+]=CN(CCC)c1ccc(N2CC(CNC(C)=O)OC2=O)cc1F. The molecule has 1 N–H and O–H groups in total. The summed E-state index contributed by atoms with van der Waals surface area (Å²) in [4.78, 5) is 25.8. The number of benzene rings is 1. The Labute approximate surface area is 140 Å². The maximum Gasteiger partial charge on any atom is 0.414 e. The topological polar surface area (TPSA) is 61.9 Å². The molecule has 1 atom stereocenters. The van der Waals surface area contributed by atoms with Crippen LogP contribution < -0.4 is 15.1 Å². The van der Waals surface area contributed by atoms with Crippen LogP contribution in [-0.2, 0) is 9.53 Å². The van der Waals surface area contributed by atoms with Crippen LogP contribution in [0, 0.1) is 12.4 Å². The van der Waals surface area contributed by atoms with E-state index < -0.39 is 18.0 Å². The summed E-state index contributed by atoms with van der Waals surface area (Å²) in [5, 5.41) is 2.60. The highest BCUT2D eigenvalue weighted by Gasteiger charge is 2.32. The van der Waals surface area contributed by atoms with E-state index in [4.69, 9.17) is 11.3 Å². The summed E-state index contributed by atoms with van der Waals surface area (Å²) < 4.78 is 19.6. The van der Waals surface area contributed by atoms with Crippen molar-refractivity contribution in [3.63, 3.8) is 0 Å². The number of rotatable bonds is 7. The van der Waals surface area contributed by atoms with Gasteiger partial charge in [-0.25, -0.2) is 9.18 Å². The summed E-state index contributed by atoms with van der Waals surface area (Å²) >= 11 is 0. The number of carbonyl (C=O) groups excluding carboxylic acids is 2. The Morgan fingerprint density at radius 3 is 2.92 bits per heavy atom. The third-order valence-corrected chi connectivity index (χ3v) is 3.65. The molecule has 2 rings (SSSR count). The normalized spacial score (nSPS) is 16.7. The first-order valence-electron chi connectivity index (χ1n) is 7.80. The molecule has 0 saturated carbocycles. The molecule has 0 radical (unpaired) electrons. The molecule has 1 heterocycles. The van der Waals surface area contributed by atoms with Gasteiger partial charge in [0.1, 0.15) is 11.9 Å². The Morgan fingerprint density at radius 2 is 2.33 bits per heavy atom. The van der Waals surface area contributed by atoms with Crippen molar-refractivity contribution in [2.24, 2.45) is 0 Å². The summed E-state index contributed by atoms with van der Waals surface area (Å²) in [5.41, 5.74) is 0.755. The number of hydrogen-bond acceptors (Lipinski definition) is 4. The quantitative estimate of drug-likeness (QED) is 0.778. The number of carbonyl (C=O) groups is 2. The Morgan fingerprint density at radius 1 is 1.58 bits per heavy atom. The van der Waals surface area contributed by atoms with Gasteiger partial charge in [-0.05, 0) is 24.6 Å². The minimum absolute atomic E-state index is 0.200. The first-order valence-corrected chi connectivity index (χ1v) is 7.80. The molecule has 1 saturated heterocycles. The second kappa shape index (κ2) is 7.75. The highest BCUT2D eigenvalue weighted by Crippen LogP contribution is 2.28. The van der Waals surface area contributed by atoms with Crippen LogP contribution in [0.3, 0.4) is 0 Å². The van der Waals surface area contributed by atoms with Crippen molar-refractivity contribution in [1.29, 1.82) is 0 Å². The highest BCUT2D eigenvalue weighted by molar-refractivity contribution is 5.90. The second-order valence-electron chi connectivity index (χ2n) is 5.53. The molecule has 1 aliphatic rings. The van der Waals surface area contributed by atoms with E-state index in [1.165, 1.54) is 24.1 Å². The number of nitrogens with zero attached hydrogens (tertiary/aromatic N) is 2. The Hall–Kier alpha value is -2.66. The molecule has 0 spiro atoms. The molecular weight excluding hydrogens is 313 g/mol. The summed E-state index contributed by atoms with van der Waals surface area (Å²) in [6.45, 7) is 9.96. The minimum atomic E-state index is -0.562. The first-order chi connectivity index (χ1) is 11.5. The van der Waals surface area contributed by atoms with Crippen LogP contribution in [0.15, 0.2) is 24.4 Å². The third kappa shape index (κ3) is 4.00. The van der Waals surface area contributed by atoms with Crippen LogP contribution in [0.4, 0.5) is 20.6 Å². The van der Waals surface area contributed by atoms with Gasteiger partial charge < -0.3 is 15.0 Å². The number of nitrogens with one attached hydrogen (secondary N) is 1. The van der Waals surface area contributed by atoms with Gasteiger partial charge in [-0.1, -0.05) is 6.92 Å². The van der Waals surface area contributed by atoms with Gasteiger partial charge in [-0.2, -0.15) is 0 Å². The molecule has 1 fully saturated rings. The third-order valence-electron chi connectivity index (χ3n) is 3.65. The molecule has 0 aromatic heterocycles. The molecule has 7 heteroatoms. The van der Waals surface area contributed by atoms with E-state index in [-0.39, 0.29) is 19.0 Å².